The highest BCUT2D eigenvalue weighted by molar-refractivity contribution is 6.06. The minimum atomic E-state index is -0.615. The van der Waals surface area contributed by atoms with Crippen molar-refractivity contribution in [3.8, 4) is 28.7 Å². The van der Waals surface area contributed by atoms with E-state index >= 15 is 0 Å². The van der Waals surface area contributed by atoms with Crippen molar-refractivity contribution < 1.29 is 38.0 Å². The lowest BCUT2D eigenvalue weighted by Gasteiger charge is -2.39. The number of carbonyl (C=O) groups excluding carboxylic acids is 2. The summed E-state index contributed by atoms with van der Waals surface area (Å²) in [7, 11) is 7.91. The Labute approximate surface area is 257 Å². The Balaban J connectivity index is 1.46. The van der Waals surface area contributed by atoms with Crippen molar-refractivity contribution in [2.24, 2.45) is 0 Å². The Morgan fingerprint density at radius 1 is 0.545 bits per heavy atom. The summed E-state index contributed by atoms with van der Waals surface area (Å²) in [6, 6.07) is 19.3. The SMILES string of the molecule is COc1ccc([C@@H]2CC(=O)C3=C(C2)OC2=C(C(=O)C[C@@H](c4ccc(OC)cc4)C2)C3c2cc(OC)c(OC)c(OC)c2)cc1. The zero-order valence-corrected chi connectivity index (χ0v) is 25.6. The Bertz CT molecular complexity index is 1530. The molecule has 3 aromatic carbocycles. The van der Waals surface area contributed by atoms with Crippen LogP contribution in [0.5, 0.6) is 28.7 Å². The molecule has 0 unspecified atom stereocenters. The first kappa shape index (κ1) is 29.4. The van der Waals surface area contributed by atoms with E-state index in [-0.39, 0.29) is 23.4 Å². The van der Waals surface area contributed by atoms with E-state index in [9.17, 15) is 9.59 Å². The van der Waals surface area contributed by atoms with Gasteiger partial charge in [0, 0.05) is 42.7 Å². The van der Waals surface area contributed by atoms with E-state index in [0.717, 1.165) is 28.2 Å². The predicted molar refractivity (Wildman–Crippen MR) is 164 cm³/mol. The Kier molecular flexibility index (Phi) is 8.08. The third-order valence-electron chi connectivity index (χ3n) is 8.95. The summed E-state index contributed by atoms with van der Waals surface area (Å²) in [5.41, 5.74) is 3.84. The summed E-state index contributed by atoms with van der Waals surface area (Å²) in [4.78, 5) is 28.2. The molecule has 1 heterocycles. The van der Waals surface area contributed by atoms with Gasteiger partial charge in [-0.15, -0.1) is 0 Å². The zero-order valence-electron chi connectivity index (χ0n) is 25.6. The number of carbonyl (C=O) groups is 2. The first-order chi connectivity index (χ1) is 21.4. The molecule has 0 saturated heterocycles. The minimum Gasteiger partial charge on any atom is -0.497 e. The molecule has 0 fully saturated rings. The highest BCUT2D eigenvalue weighted by atomic mass is 16.5. The van der Waals surface area contributed by atoms with Crippen molar-refractivity contribution in [3.63, 3.8) is 0 Å². The highest BCUT2D eigenvalue weighted by Gasteiger charge is 2.46. The molecule has 8 heteroatoms. The standard InChI is InChI=1S/C36H36O8/c1-39-25-10-6-20(7-11-25)22-14-27(37)34-29(16-22)44-30-17-23(21-8-12-26(40-2)13-9-21)15-28(38)35(30)33(34)24-18-31(41-3)36(43-5)32(19-24)42-4/h6-13,18-19,22-23,33H,14-17H2,1-5H3/t22-,23-/m1/s1. The van der Waals surface area contributed by atoms with E-state index in [1.165, 1.54) is 0 Å². The number of ether oxygens (including phenoxy) is 6. The summed E-state index contributed by atoms with van der Waals surface area (Å²) < 4.78 is 34.2. The summed E-state index contributed by atoms with van der Waals surface area (Å²) in [5.74, 6) is 3.27. The van der Waals surface area contributed by atoms with Crippen molar-refractivity contribution in [3.05, 3.63) is 100 Å². The molecule has 0 amide bonds. The molecule has 2 atom stereocenters. The molecule has 44 heavy (non-hydrogen) atoms. The van der Waals surface area contributed by atoms with Crippen molar-refractivity contribution >= 4 is 11.6 Å². The van der Waals surface area contributed by atoms with Crippen LogP contribution in [0.3, 0.4) is 0 Å². The van der Waals surface area contributed by atoms with Crippen LogP contribution in [0.1, 0.15) is 60.1 Å². The third kappa shape index (κ3) is 5.19. The number of Topliss-reactive ketones (excluding diaryl/α,β-unsaturated/α-hetero) is 2. The van der Waals surface area contributed by atoms with E-state index in [2.05, 4.69) is 0 Å². The van der Waals surface area contributed by atoms with Gasteiger partial charge in [-0.25, -0.2) is 0 Å². The lowest BCUT2D eigenvalue weighted by molar-refractivity contribution is -0.118. The fourth-order valence-electron chi connectivity index (χ4n) is 6.75. The number of methoxy groups -OCH3 is 5. The van der Waals surface area contributed by atoms with E-state index in [0.29, 0.717) is 65.6 Å². The second kappa shape index (κ2) is 12.1. The number of benzene rings is 3. The molecule has 0 spiro atoms. The maximum Gasteiger partial charge on any atom is 0.203 e. The molecule has 228 valence electrons. The molecule has 0 bridgehead atoms. The van der Waals surface area contributed by atoms with Gasteiger partial charge in [-0.3, -0.25) is 9.59 Å². The first-order valence-electron chi connectivity index (χ1n) is 14.7. The van der Waals surface area contributed by atoms with Crippen LogP contribution >= 0.6 is 0 Å². The normalized spacial score (nSPS) is 20.0. The first-order valence-corrected chi connectivity index (χ1v) is 14.7. The second-order valence-corrected chi connectivity index (χ2v) is 11.3. The van der Waals surface area contributed by atoms with Crippen LogP contribution < -0.4 is 23.7 Å². The number of hydrogen-bond acceptors (Lipinski definition) is 8. The van der Waals surface area contributed by atoms with Crippen molar-refractivity contribution in [2.45, 2.75) is 43.4 Å². The van der Waals surface area contributed by atoms with Crippen molar-refractivity contribution in [1.29, 1.82) is 0 Å². The highest BCUT2D eigenvalue weighted by Crippen LogP contribution is 2.53. The van der Waals surface area contributed by atoms with Crippen molar-refractivity contribution in [1.82, 2.24) is 0 Å². The molecule has 0 aromatic heterocycles. The maximum absolute atomic E-state index is 14.1. The third-order valence-corrected chi connectivity index (χ3v) is 8.95. The summed E-state index contributed by atoms with van der Waals surface area (Å²) in [5, 5.41) is 0. The Morgan fingerprint density at radius 3 is 1.34 bits per heavy atom. The predicted octanol–water partition coefficient (Wildman–Crippen LogP) is 6.65. The Hall–Kier alpha value is -4.72. The van der Waals surface area contributed by atoms with Gasteiger partial charge < -0.3 is 28.4 Å². The average molecular weight is 597 g/mol. The molecule has 8 nitrogen and oxygen atoms in total. The zero-order chi connectivity index (χ0) is 31.0. The molecular formula is C36H36O8. The van der Waals surface area contributed by atoms with Crippen LogP contribution in [0, 0.1) is 0 Å². The minimum absolute atomic E-state index is 0.0394. The quantitative estimate of drug-likeness (QED) is 0.286. The molecule has 0 radical (unpaired) electrons. The topological polar surface area (TPSA) is 89.5 Å². The van der Waals surface area contributed by atoms with Crippen LogP contribution in [0.2, 0.25) is 0 Å². The molecule has 1 aliphatic heterocycles. The summed E-state index contributed by atoms with van der Waals surface area (Å²) in [6.45, 7) is 0. The van der Waals surface area contributed by atoms with Gasteiger partial charge >= 0.3 is 0 Å². The molecule has 6 rings (SSSR count). The van der Waals surface area contributed by atoms with Crippen molar-refractivity contribution in [2.75, 3.05) is 35.5 Å². The van der Waals surface area contributed by atoms with Crippen LogP contribution in [0.15, 0.2) is 83.3 Å². The largest absolute Gasteiger partial charge is 0.497 e. The van der Waals surface area contributed by atoms with E-state index in [1.54, 1.807) is 35.5 Å². The van der Waals surface area contributed by atoms with Gasteiger partial charge in [0.15, 0.2) is 23.1 Å². The molecule has 0 saturated carbocycles. The van der Waals surface area contributed by atoms with Gasteiger partial charge in [0.1, 0.15) is 23.0 Å². The maximum atomic E-state index is 14.1. The average Bonchev–Trinajstić information content (AvgIpc) is 3.06. The lowest BCUT2D eigenvalue weighted by Crippen LogP contribution is -2.33. The van der Waals surface area contributed by atoms with E-state index < -0.39 is 5.92 Å². The Morgan fingerprint density at radius 2 is 0.977 bits per heavy atom. The van der Waals surface area contributed by atoms with E-state index in [1.807, 2.05) is 60.7 Å². The molecule has 0 N–H and O–H groups in total. The van der Waals surface area contributed by atoms with Crippen LogP contribution in [0.4, 0.5) is 0 Å². The van der Waals surface area contributed by atoms with E-state index in [4.69, 9.17) is 28.4 Å². The number of rotatable bonds is 8. The molecular weight excluding hydrogens is 560 g/mol. The van der Waals surface area contributed by atoms with Gasteiger partial charge in [0.25, 0.3) is 0 Å². The van der Waals surface area contributed by atoms with Gasteiger partial charge in [0.2, 0.25) is 5.75 Å². The number of hydrogen-bond donors (Lipinski definition) is 0. The summed E-state index contributed by atoms with van der Waals surface area (Å²) in [6.07, 6.45) is 1.68. The fraction of sp³-hybridized carbons (Fsp3) is 0.333. The molecule has 2 aliphatic carbocycles. The van der Waals surface area contributed by atoms with Gasteiger partial charge in [-0.1, -0.05) is 24.3 Å². The smallest absolute Gasteiger partial charge is 0.203 e. The summed E-state index contributed by atoms with van der Waals surface area (Å²) >= 11 is 0. The molecule has 3 aromatic rings. The lowest BCUT2D eigenvalue weighted by atomic mass is 9.69. The van der Waals surface area contributed by atoms with Crippen LogP contribution in [-0.2, 0) is 14.3 Å². The number of allylic oxidation sites excluding steroid dienone is 4. The van der Waals surface area contributed by atoms with Crippen LogP contribution in [0.25, 0.3) is 0 Å². The van der Waals surface area contributed by atoms with Crippen LogP contribution in [-0.4, -0.2) is 47.1 Å². The van der Waals surface area contributed by atoms with Gasteiger partial charge in [-0.2, -0.15) is 0 Å². The molecule has 3 aliphatic rings. The fourth-order valence-corrected chi connectivity index (χ4v) is 6.75. The van der Waals surface area contributed by atoms with Gasteiger partial charge in [-0.05, 0) is 64.9 Å². The van der Waals surface area contributed by atoms with Gasteiger partial charge in [0.05, 0.1) is 35.5 Å². The number of ketones is 2. The monoisotopic (exact) mass is 596 g/mol. The second-order valence-electron chi connectivity index (χ2n) is 11.3.